The first-order valence-corrected chi connectivity index (χ1v) is 5.12. The first-order chi connectivity index (χ1) is 8.24. The van der Waals surface area contributed by atoms with Gasteiger partial charge in [-0.25, -0.2) is 9.37 Å². The largest absolute Gasteiger partial charge is 0.451 e. The van der Waals surface area contributed by atoms with Crippen LogP contribution in [0.25, 0.3) is 0 Å². The van der Waals surface area contributed by atoms with Crippen LogP contribution in [0.15, 0.2) is 41.3 Å². The first-order valence-electron chi connectivity index (χ1n) is 5.12. The van der Waals surface area contributed by atoms with Crippen LogP contribution in [0.1, 0.15) is 11.3 Å². The summed E-state index contributed by atoms with van der Waals surface area (Å²) in [7, 11) is 0. The van der Waals surface area contributed by atoms with E-state index in [1.807, 2.05) is 0 Å². The lowest BCUT2D eigenvalue weighted by Crippen LogP contribution is -2.24. The van der Waals surface area contributed by atoms with E-state index in [-0.39, 0.29) is 18.1 Å². The van der Waals surface area contributed by atoms with Gasteiger partial charge in [0.1, 0.15) is 12.1 Å². The monoisotopic (exact) mass is 234 g/mol. The molecule has 0 saturated heterocycles. The lowest BCUT2D eigenvalue weighted by Gasteiger charge is -2.03. The van der Waals surface area contributed by atoms with Crippen molar-refractivity contribution < 1.29 is 13.6 Å². The van der Waals surface area contributed by atoms with Gasteiger partial charge in [0, 0.05) is 0 Å². The van der Waals surface area contributed by atoms with Crippen LogP contribution in [0.3, 0.4) is 0 Å². The topological polar surface area (TPSA) is 55.1 Å². The molecule has 1 aromatic carbocycles. The normalized spacial score (nSPS) is 10.2. The molecule has 0 saturated carbocycles. The number of aromatic nitrogens is 1. The van der Waals surface area contributed by atoms with E-state index in [9.17, 15) is 9.18 Å². The van der Waals surface area contributed by atoms with E-state index in [1.54, 1.807) is 12.1 Å². The number of nitrogens with one attached hydrogen (secondary N) is 1. The summed E-state index contributed by atoms with van der Waals surface area (Å²) in [5.41, 5.74) is 1.29. The molecule has 1 N–H and O–H groups in total. The van der Waals surface area contributed by atoms with Crippen molar-refractivity contribution in [2.45, 2.75) is 13.0 Å². The van der Waals surface area contributed by atoms with Crippen molar-refractivity contribution in [1.82, 2.24) is 10.3 Å². The van der Waals surface area contributed by atoms with Crippen LogP contribution in [0.5, 0.6) is 0 Å². The van der Waals surface area contributed by atoms with E-state index in [1.165, 1.54) is 24.8 Å². The Bertz CT molecular complexity index is 497. The molecule has 2 rings (SSSR count). The van der Waals surface area contributed by atoms with Crippen molar-refractivity contribution in [3.63, 3.8) is 0 Å². The summed E-state index contributed by atoms with van der Waals surface area (Å²) in [6, 6.07) is 5.97. The van der Waals surface area contributed by atoms with Crippen LogP contribution < -0.4 is 5.32 Å². The van der Waals surface area contributed by atoms with E-state index in [4.69, 9.17) is 4.42 Å². The van der Waals surface area contributed by atoms with Crippen LogP contribution in [-0.4, -0.2) is 10.9 Å². The zero-order chi connectivity index (χ0) is 12.1. The number of hydrogen-bond donors (Lipinski definition) is 1. The van der Waals surface area contributed by atoms with Crippen molar-refractivity contribution >= 4 is 5.91 Å². The zero-order valence-corrected chi connectivity index (χ0v) is 9.02. The maximum Gasteiger partial charge on any atom is 0.224 e. The average Bonchev–Trinajstić information content (AvgIpc) is 2.79. The van der Waals surface area contributed by atoms with Crippen molar-refractivity contribution in [2.24, 2.45) is 0 Å². The summed E-state index contributed by atoms with van der Waals surface area (Å²) in [6.45, 7) is 0.310. The zero-order valence-electron chi connectivity index (χ0n) is 9.02. The van der Waals surface area contributed by atoms with Gasteiger partial charge >= 0.3 is 0 Å². The minimum Gasteiger partial charge on any atom is -0.451 e. The summed E-state index contributed by atoms with van der Waals surface area (Å²) in [6.07, 6.45) is 2.91. The summed E-state index contributed by atoms with van der Waals surface area (Å²) in [5.74, 6) is -0.523. The molecule has 0 bridgehead atoms. The summed E-state index contributed by atoms with van der Waals surface area (Å²) in [5, 5.41) is 2.67. The minimum atomic E-state index is -0.341. The summed E-state index contributed by atoms with van der Waals surface area (Å²) >= 11 is 0. The maximum atomic E-state index is 12.9. The van der Waals surface area contributed by atoms with Crippen molar-refractivity contribution in [3.8, 4) is 0 Å². The van der Waals surface area contributed by atoms with Crippen molar-refractivity contribution in [2.75, 3.05) is 0 Å². The van der Waals surface area contributed by atoms with Crippen molar-refractivity contribution in [1.29, 1.82) is 0 Å². The third-order valence-corrected chi connectivity index (χ3v) is 2.20. The summed E-state index contributed by atoms with van der Waals surface area (Å²) < 4.78 is 17.6. The van der Waals surface area contributed by atoms with Gasteiger partial charge in [-0.1, -0.05) is 12.1 Å². The Morgan fingerprint density at radius 1 is 1.47 bits per heavy atom. The fourth-order valence-electron chi connectivity index (χ4n) is 1.41. The van der Waals surface area contributed by atoms with Crippen LogP contribution in [0.4, 0.5) is 4.39 Å². The molecule has 1 aromatic heterocycles. The quantitative estimate of drug-likeness (QED) is 0.875. The number of carbonyl (C=O) groups excluding carboxylic acids is 1. The second-order valence-electron chi connectivity index (χ2n) is 3.56. The van der Waals surface area contributed by atoms with E-state index >= 15 is 0 Å². The molecule has 0 aliphatic carbocycles. The highest BCUT2D eigenvalue weighted by Gasteiger charge is 2.05. The molecule has 17 heavy (non-hydrogen) atoms. The Kier molecular flexibility index (Phi) is 3.49. The summed E-state index contributed by atoms with van der Waals surface area (Å²) in [4.78, 5) is 15.4. The van der Waals surface area contributed by atoms with Gasteiger partial charge in [0.25, 0.3) is 0 Å². The van der Waals surface area contributed by atoms with Crippen molar-refractivity contribution in [3.05, 3.63) is 54.0 Å². The maximum absolute atomic E-state index is 12.9. The Morgan fingerprint density at radius 3 is 3.06 bits per heavy atom. The number of rotatable bonds is 4. The molecule has 0 radical (unpaired) electrons. The molecule has 2 aromatic rings. The number of halogens is 1. The predicted molar refractivity (Wildman–Crippen MR) is 58.5 cm³/mol. The molecule has 0 unspecified atom stereocenters. The van der Waals surface area contributed by atoms with Crippen LogP contribution in [0.2, 0.25) is 0 Å². The molecule has 0 aliphatic rings. The van der Waals surface area contributed by atoms with Gasteiger partial charge in [0.15, 0.2) is 6.39 Å². The van der Waals surface area contributed by atoms with E-state index in [0.717, 1.165) is 0 Å². The Balaban J connectivity index is 1.85. The minimum absolute atomic E-state index is 0.148. The van der Waals surface area contributed by atoms with Gasteiger partial charge in [0.2, 0.25) is 5.91 Å². The molecule has 0 atom stereocenters. The molecule has 0 aliphatic heterocycles. The highest BCUT2D eigenvalue weighted by molar-refractivity contribution is 5.78. The fourth-order valence-corrected chi connectivity index (χ4v) is 1.41. The molecular formula is C12H11FN2O2. The SMILES string of the molecule is O=C(Cc1cccc(F)c1)NCc1cocn1. The standard InChI is InChI=1S/C12H11FN2O2/c13-10-3-1-2-9(4-10)5-12(16)14-6-11-7-17-8-15-11/h1-4,7-8H,5-6H2,(H,14,16). The second-order valence-corrected chi connectivity index (χ2v) is 3.56. The highest BCUT2D eigenvalue weighted by atomic mass is 19.1. The van der Waals surface area contributed by atoms with Gasteiger partial charge in [-0.15, -0.1) is 0 Å². The smallest absolute Gasteiger partial charge is 0.224 e. The molecular weight excluding hydrogens is 223 g/mol. The third kappa shape index (κ3) is 3.41. The number of amides is 1. The lowest BCUT2D eigenvalue weighted by molar-refractivity contribution is -0.120. The Morgan fingerprint density at radius 2 is 2.35 bits per heavy atom. The van der Waals surface area contributed by atoms with Crippen LogP contribution in [0, 0.1) is 5.82 Å². The second kappa shape index (κ2) is 5.25. The van der Waals surface area contributed by atoms with Gasteiger partial charge in [-0.3, -0.25) is 4.79 Å². The Hall–Kier alpha value is -2.17. The molecule has 4 nitrogen and oxygen atoms in total. The molecule has 88 valence electrons. The van der Waals surface area contributed by atoms with Gasteiger partial charge in [-0.05, 0) is 17.7 Å². The van der Waals surface area contributed by atoms with E-state index in [0.29, 0.717) is 17.8 Å². The van der Waals surface area contributed by atoms with E-state index in [2.05, 4.69) is 10.3 Å². The van der Waals surface area contributed by atoms with Gasteiger partial charge in [0.05, 0.1) is 18.7 Å². The van der Waals surface area contributed by atoms with Crippen LogP contribution >= 0.6 is 0 Å². The first kappa shape index (κ1) is 11.3. The highest BCUT2D eigenvalue weighted by Crippen LogP contribution is 2.04. The number of benzene rings is 1. The van der Waals surface area contributed by atoms with Gasteiger partial charge < -0.3 is 9.73 Å². The van der Waals surface area contributed by atoms with E-state index < -0.39 is 0 Å². The number of nitrogens with zero attached hydrogens (tertiary/aromatic N) is 1. The number of hydrogen-bond acceptors (Lipinski definition) is 3. The van der Waals surface area contributed by atoms with Crippen LogP contribution in [-0.2, 0) is 17.8 Å². The van der Waals surface area contributed by atoms with Gasteiger partial charge in [-0.2, -0.15) is 0 Å². The molecule has 0 spiro atoms. The predicted octanol–water partition coefficient (Wildman–Crippen LogP) is 1.67. The molecule has 0 fully saturated rings. The molecule has 5 heteroatoms. The fraction of sp³-hybridized carbons (Fsp3) is 0.167. The number of carbonyl (C=O) groups is 1. The molecule has 1 amide bonds. The lowest BCUT2D eigenvalue weighted by atomic mass is 10.1. The third-order valence-electron chi connectivity index (χ3n) is 2.20. The average molecular weight is 234 g/mol. The molecule has 1 heterocycles. The Labute approximate surface area is 97.5 Å². The number of oxazole rings is 1.